The first kappa shape index (κ1) is 13.2. The molecule has 1 aromatic heterocycles. The van der Waals surface area contributed by atoms with Crippen LogP contribution in [-0.4, -0.2) is 34.8 Å². The van der Waals surface area contributed by atoms with Gasteiger partial charge in [0.05, 0.1) is 12.6 Å². The highest BCUT2D eigenvalue weighted by Crippen LogP contribution is 2.23. The van der Waals surface area contributed by atoms with E-state index in [1.165, 1.54) is 0 Å². The van der Waals surface area contributed by atoms with Gasteiger partial charge in [0, 0.05) is 19.0 Å². The Morgan fingerprint density at radius 1 is 1.44 bits per heavy atom. The van der Waals surface area contributed by atoms with Gasteiger partial charge in [-0.3, -0.25) is 0 Å². The molecule has 0 saturated carbocycles. The Bertz CT molecular complexity index is 370. The van der Waals surface area contributed by atoms with E-state index in [9.17, 15) is 0 Å². The van der Waals surface area contributed by atoms with Crippen molar-refractivity contribution >= 4 is 17.4 Å². The Morgan fingerprint density at radius 2 is 2.06 bits per heavy atom. The molecule has 0 aliphatic heterocycles. The van der Waals surface area contributed by atoms with E-state index in [2.05, 4.69) is 9.97 Å². The zero-order valence-electron chi connectivity index (χ0n) is 10.2. The summed E-state index contributed by atoms with van der Waals surface area (Å²) in [6, 6.07) is 0.00868. The standard InChI is InChI=1S/C11H18ClN3O/c1-5-9-13-10(12)8(3)11(14-9)15(4)7(2)6-16/h7,16H,5-6H2,1-4H3. The van der Waals surface area contributed by atoms with Crippen LogP contribution in [0.15, 0.2) is 0 Å². The van der Waals surface area contributed by atoms with Gasteiger partial charge in [0.25, 0.3) is 0 Å². The molecule has 90 valence electrons. The highest BCUT2D eigenvalue weighted by atomic mass is 35.5. The zero-order valence-corrected chi connectivity index (χ0v) is 10.9. The number of aliphatic hydroxyl groups excluding tert-OH is 1. The monoisotopic (exact) mass is 243 g/mol. The van der Waals surface area contributed by atoms with Crippen LogP contribution in [0.3, 0.4) is 0 Å². The van der Waals surface area contributed by atoms with Crippen molar-refractivity contribution in [2.75, 3.05) is 18.6 Å². The van der Waals surface area contributed by atoms with Crippen molar-refractivity contribution in [3.05, 3.63) is 16.5 Å². The van der Waals surface area contributed by atoms with Crippen molar-refractivity contribution in [2.45, 2.75) is 33.2 Å². The molecule has 0 amide bonds. The maximum Gasteiger partial charge on any atom is 0.137 e. The van der Waals surface area contributed by atoms with E-state index in [1.54, 1.807) is 0 Å². The summed E-state index contributed by atoms with van der Waals surface area (Å²) in [5.74, 6) is 1.51. The van der Waals surface area contributed by atoms with Gasteiger partial charge in [-0.2, -0.15) is 0 Å². The minimum atomic E-state index is 0.00868. The smallest absolute Gasteiger partial charge is 0.137 e. The third-order valence-corrected chi connectivity index (χ3v) is 3.05. The molecule has 0 saturated heterocycles. The Hall–Kier alpha value is -0.870. The molecular formula is C11H18ClN3O. The predicted octanol–water partition coefficient (Wildman–Crippen LogP) is 1.82. The van der Waals surface area contributed by atoms with Crippen LogP contribution in [0.5, 0.6) is 0 Å². The minimum Gasteiger partial charge on any atom is -0.394 e. The predicted molar refractivity (Wildman–Crippen MR) is 66.1 cm³/mol. The fourth-order valence-electron chi connectivity index (χ4n) is 1.35. The second-order valence-electron chi connectivity index (χ2n) is 3.88. The Morgan fingerprint density at radius 3 is 2.56 bits per heavy atom. The Balaban J connectivity index is 3.16. The first-order chi connectivity index (χ1) is 7.51. The van der Waals surface area contributed by atoms with E-state index in [-0.39, 0.29) is 12.6 Å². The van der Waals surface area contributed by atoms with Gasteiger partial charge in [-0.15, -0.1) is 0 Å². The molecular weight excluding hydrogens is 226 g/mol. The Kier molecular flexibility index (Phi) is 4.50. The van der Waals surface area contributed by atoms with Crippen LogP contribution in [0.1, 0.15) is 25.2 Å². The van der Waals surface area contributed by atoms with Crippen molar-refractivity contribution in [3.8, 4) is 0 Å². The fraction of sp³-hybridized carbons (Fsp3) is 0.636. The van der Waals surface area contributed by atoms with Gasteiger partial charge in [-0.1, -0.05) is 18.5 Å². The van der Waals surface area contributed by atoms with Gasteiger partial charge in [0.15, 0.2) is 0 Å². The number of halogens is 1. The van der Waals surface area contributed by atoms with Gasteiger partial charge in [0.2, 0.25) is 0 Å². The first-order valence-corrected chi connectivity index (χ1v) is 5.75. The number of rotatable bonds is 4. The topological polar surface area (TPSA) is 49.2 Å². The lowest BCUT2D eigenvalue weighted by atomic mass is 10.2. The summed E-state index contributed by atoms with van der Waals surface area (Å²) in [6.07, 6.45) is 0.744. The normalized spacial score (nSPS) is 12.6. The maximum absolute atomic E-state index is 9.14. The van der Waals surface area contributed by atoms with Crippen LogP contribution < -0.4 is 4.90 Å². The molecule has 0 radical (unpaired) electrons. The van der Waals surface area contributed by atoms with E-state index < -0.39 is 0 Å². The molecule has 4 nitrogen and oxygen atoms in total. The van der Waals surface area contributed by atoms with Gasteiger partial charge < -0.3 is 10.0 Å². The zero-order chi connectivity index (χ0) is 12.3. The van der Waals surface area contributed by atoms with E-state index in [0.717, 1.165) is 23.6 Å². The van der Waals surface area contributed by atoms with Crippen molar-refractivity contribution < 1.29 is 5.11 Å². The van der Waals surface area contributed by atoms with Crippen LogP contribution in [0, 0.1) is 6.92 Å². The van der Waals surface area contributed by atoms with Crippen LogP contribution in [0.4, 0.5) is 5.82 Å². The highest BCUT2D eigenvalue weighted by molar-refractivity contribution is 6.30. The highest BCUT2D eigenvalue weighted by Gasteiger charge is 2.16. The minimum absolute atomic E-state index is 0.00868. The lowest BCUT2D eigenvalue weighted by Crippen LogP contribution is -2.33. The summed E-state index contributed by atoms with van der Waals surface area (Å²) >= 11 is 6.05. The molecule has 0 aromatic carbocycles. The average molecular weight is 244 g/mol. The Labute approximate surface area is 101 Å². The fourth-order valence-corrected chi connectivity index (χ4v) is 1.54. The molecule has 1 aromatic rings. The third-order valence-electron chi connectivity index (χ3n) is 2.68. The first-order valence-electron chi connectivity index (χ1n) is 5.37. The lowest BCUT2D eigenvalue weighted by molar-refractivity contribution is 0.269. The number of nitrogens with zero attached hydrogens (tertiary/aromatic N) is 3. The summed E-state index contributed by atoms with van der Waals surface area (Å²) in [5.41, 5.74) is 0.849. The summed E-state index contributed by atoms with van der Waals surface area (Å²) in [5, 5.41) is 9.62. The molecule has 0 aliphatic carbocycles. The third kappa shape index (κ3) is 2.62. The quantitative estimate of drug-likeness (QED) is 0.820. The van der Waals surface area contributed by atoms with Gasteiger partial charge in [0.1, 0.15) is 16.8 Å². The molecule has 0 spiro atoms. The van der Waals surface area contributed by atoms with Crippen molar-refractivity contribution in [1.29, 1.82) is 0 Å². The molecule has 0 aliphatic rings. The van der Waals surface area contributed by atoms with Crippen molar-refractivity contribution in [3.63, 3.8) is 0 Å². The molecule has 16 heavy (non-hydrogen) atoms. The maximum atomic E-state index is 9.14. The number of likely N-dealkylation sites (N-methyl/N-ethyl adjacent to an activating group) is 1. The van der Waals surface area contributed by atoms with Crippen molar-refractivity contribution in [1.82, 2.24) is 9.97 Å². The molecule has 0 bridgehead atoms. The van der Waals surface area contributed by atoms with E-state index >= 15 is 0 Å². The number of anilines is 1. The molecule has 1 heterocycles. The SMILES string of the molecule is CCc1nc(Cl)c(C)c(N(C)C(C)CO)n1. The lowest BCUT2D eigenvalue weighted by Gasteiger charge is -2.26. The molecule has 1 N–H and O–H groups in total. The van der Waals surface area contributed by atoms with Crippen LogP contribution in [0.25, 0.3) is 0 Å². The van der Waals surface area contributed by atoms with Gasteiger partial charge in [-0.05, 0) is 13.8 Å². The van der Waals surface area contributed by atoms with Gasteiger partial charge in [-0.25, -0.2) is 9.97 Å². The van der Waals surface area contributed by atoms with Crippen LogP contribution in [0.2, 0.25) is 5.15 Å². The van der Waals surface area contributed by atoms with Gasteiger partial charge >= 0.3 is 0 Å². The summed E-state index contributed by atoms with van der Waals surface area (Å²) < 4.78 is 0. The second kappa shape index (κ2) is 5.46. The van der Waals surface area contributed by atoms with E-state index in [4.69, 9.17) is 16.7 Å². The van der Waals surface area contributed by atoms with Crippen LogP contribution in [-0.2, 0) is 6.42 Å². The molecule has 5 heteroatoms. The molecule has 0 fully saturated rings. The number of aryl methyl sites for hydroxylation is 1. The summed E-state index contributed by atoms with van der Waals surface area (Å²) in [7, 11) is 1.89. The van der Waals surface area contributed by atoms with Crippen LogP contribution >= 0.6 is 11.6 Å². The largest absolute Gasteiger partial charge is 0.394 e. The number of aliphatic hydroxyl groups is 1. The molecule has 1 atom stereocenters. The van der Waals surface area contributed by atoms with E-state index in [0.29, 0.717) is 5.15 Å². The summed E-state index contributed by atoms with van der Waals surface area (Å²) in [4.78, 5) is 10.5. The van der Waals surface area contributed by atoms with Crippen molar-refractivity contribution in [2.24, 2.45) is 0 Å². The number of aromatic nitrogens is 2. The number of hydrogen-bond donors (Lipinski definition) is 1. The summed E-state index contributed by atoms with van der Waals surface area (Å²) in [6.45, 7) is 5.89. The number of hydrogen-bond acceptors (Lipinski definition) is 4. The van der Waals surface area contributed by atoms with E-state index in [1.807, 2.05) is 32.7 Å². The molecule has 1 rings (SSSR count). The average Bonchev–Trinajstić information content (AvgIpc) is 2.30. The second-order valence-corrected chi connectivity index (χ2v) is 4.23. The molecule has 1 unspecified atom stereocenters.